The Labute approximate surface area is 148 Å². The summed E-state index contributed by atoms with van der Waals surface area (Å²) in [5, 5.41) is 3.24. The number of carbonyl (C=O) groups excluding carboxylic acids is 1. The third kappa shape index (κ3) is 3.92. The maximum atomic E-state index is 14.3. The van der Waals surface area contributed by atoms with E-state index in [4.69, 9.17) is 17.3 Å². The van der Waals surface area contributed by atoms with E-state index in [1.54, 1.807) is 24.3 Å². The summed E-state index contributed by atoms with van der Waals surface area (Å²) in [6.45, 7) is 0.248. The minimum absolute atomic E-state index is 0.0618. The Morgan fingerprint density at radius 2 is 1.96 bits per heavy atom. The average molecular weight is 357 g/mol. The quantitative estimate of drug-likeness (QED) is 0.750. The Morgan fingerprint density at radius 3 is 2.68 bits per heavy atom. The second-order valence-electron chi connectivity index (χ2n) is 5.30. The highest BCUT2D eigenvalue weighted by atomic mass is 35.5. The van der Waals surface area contributed by atoms with Crippen LogP contribution in [0.2, 0.25) is 5.02 Å². The molecule has 25 heavy (non-hydrogen) atoms. The number of carbonyl (C=O) groups is 1. The maximum absolute atomic E-state index is 14.3. The number of nitrogens with one attached hydrogen (secondary N) is 1. The van der Waals surface area contributed by atoms with Crippen LogP contribution in [0.3, 0.4) is 0 Å². The van der Waals surface area contributed by atoms with Gasteiger partial charge >= 0.3 is 0 Å². The zero-order chi connectivity index (χ0) is 17.8. The van der Waals surface area contributed by atoms with Crippen molar-refractivity contribution in [2.75, 3.05) is 5.73 Å². The molecule has 0 spiro atoms. The summed E-state index contributed by atoms with van der Waals surface area (Å²) >= 11 is 5.90. The zero-order valence-corrected chi connectivity index (χ0v) is 13.8. The van der Waals surface area contributed by atoms with Gasteiger partial charge in [-0.25, -0.2) is 9.37 Å². The first-order valence-corrected chi connectivity index (χ1v) is 7.81. The number of benzene rings is 2. The molecule has 0 bridgehead atoms. The first kappa shape index (κ1) is 16.9. The molecule has 0 saturated carbocycles. The van der Waals surface area contributed by atoms with Crippen LogP contribution < -0.4 is 11.1 Å². The zero-order valence-electron chi connectivity index (χ0n) is 13.0. The van der Waals surface area contributed by atoms with Gasteiger partial charge in [-0.15, -0.1) is 0 Å². The number of aromatic nitrogens is 2. The van der Waals surface area contributed by atoms with E-state index in [1.165, 1.54) is 24.5 Å². The molecule has 3 aromatic rings. The summed E-state index contributed by atoms with van der Waals surface area (Å²) in [5.74, 6) is -0.984. The first-order chi connectivity index (χ1) is 12.0. The van der Waals surface area contributed by atoms with Gasteiger partial charge in [0.05, 0.1) is 5.56 Å². The minimum atomic E-state index is -0.661. The molecule has 126 valence electrons. The van der Waals surface area contributed by atoms with Gasteiger partial charge < -0.3 is 11.1 Å². The van der Waals surface area contributed by atoms with Gasteiger partial charge in [0.25, 0.3) is 5.91 Å². The number of nitrogens with zero attached hydrogens (tertiary/aromatic N) is 2. The van der Waals surface area contributed by atoms with Gasteiger partial charge in [0, 0.05) is 29.5 Å². The lowest BCUT2D eigenvalue weighted by molar-refractivity contribution is 0.0947. The number of hydrogen-bond acceptors (Lipinski definition) is 4. The van der Waals surface area contributed by atoms with Gasteiger partial charge in [0.2, 0.25) is 0 Å². The number of rotatable bonds is 4. The summed E-state index contributed by atoms with van der Waals surface area (Å²) in [4.78, 5) is 20.2. The second-order valence-corrected chi connectivity index (χ2v) is 5.73. The molecule has 0 unspecified atom stereocenters. The molecule has 0 radical (unpaired) electrons. The van der Waals surface area contributed by atoms with Crippen LogP contribution in [0.4, 0.5) is 10.2 Å². The maximum Gasteiger partial charge on any atom is 0.254 e. The SMILES string of the molecule is Nc1nccnc1-c1ccc(C(=O)NCc2cccc(Cl)c2)c(F)c1. The van der Waals surface area contributed by atoms with Crippen molar-refractivity contribution in [1.82, 2.24) is 15.3 Å². The smallest absolute Gasteiger partial charge is 0.254 e. The van der Waals surface area contributed by atoms with Gasteiger partial charge in [-0.2, -0.15) is 0 Å². The normalized spacial score (nSPS) is 10.5. The van der Waals surface area contributed by atoms with Crippen molar-refractivity contribution in [3.05, 3.63) is 76.8 Å². The third-order valence-corrected chi connectivity index (χ3v) is 3.79. The van der Waals surface area contributed by atoms with Crippen molar-refractivity contribution in [2.24, 2.45) is 0 Å². The largest absolute Gasteiger partial charge is 0.382 e. The molecule has 5 nitrogen and oxygen atoms in total. The van der Waals surface area contributed by atoms with Gasteiger partial charge in [-0.3, -0.25) is 9.78 Å². The predicted molar refractivity (Wildman–Crippen MR) is 94.5 cm³/mol. The van der Waals surface area contributed by atoms with Crippen molar-refractivity contribution >= 4 is 23.3 Å². The van der Waals surface area contributed by atoms with Crippen molar-refractivity contribution in [1.29, 1.82) is 0 Å². The fourth-order valence-corrected chi connectivity index (χ4v) is 2.56. The molecule has 0 aliphatic carbocycles. The Morgan fingerprint density at radius 1 is 1.16 bits per heavy atom. The summed E-state index contributed by atoms with van der Waals surface area (Å²) < 4.78 is 14.3. The average Bonchev–Trinajstić information content (AvgIpc) is 2.60. The van der Waals surface area contributed by atoms with Gasteiger partial charge in [0.15, 0.2) is 0 Å². The van der Waals surface area contributed by atoms with Crippen molar-refractivity contribution in [3.8, 4) is 11.3 Å². The van der Waals surface area contributed by atoms with E-state index in [0.717, 1.165) is 5.56 Å². The van der Waals surface area contributed by atoms with E-state index < -0.39 is 11.7 Å². The van der Waals surface area contributed by atoms with E-state index in [0.29, 0.717) is 16.3 Å². The molecule has 0 aliphatic rings. The van der Waals surface area contributed by atoms with Gasteiger partial charge in [-0.1, -0.05) is 29.8 Å². The van der Waals surface area contributed by atoms with Crippen LogP contribution >= 0.6 is 11.6 Å². The topological polar surface area (TPSA) is 80.9 Å². The van der Waals surface area contributed by atoms with Crippen LogP contribution in [-0.2, 0) is 6.54 Å². The third-order valence-electron chi connectivity index (χ3n) is 3.56. The molecule has 2 aromatic carbocycles. The van der Waals surface area contributed by atoms with Crippen molar-refractivity contribution in [2.45, 2.75) is 6.54 Å². The number of halogens is 2. The number of anilines is 1. The van der Waals surface area contributed by atoms with Gasteiger partial charge in [-0.05, 0) is 29.8 Å². The molecule has 3 rings (SSSR count). The molecule has 1 aromatic heterocycles. The van der Waals surface area contributed by atoms with E-state index in [1.807, 2.05) is 6.07 Å². The van der Waals surface area contributed by atoms with Crippen molar-refractivity contribution < 1.29 is 9.18 Å². The lowest BCUT2D eigenvalue weighted by Gasteiger charge is -2.09. The number of nitrogen functional groups attached to an aromatic ring is 1. The van der Waals surface area contributed by atoms with Crippen molar-refractivity contribution in [3.63, 3.8) is 0 Å². The molecule has 0 aliphatic heterocycles. The van der Waals surface area contributed by atoms with Crippen LogP contribution in [-0.4, -0.2) is 15.9 Å². The summed E-state index contributed by atoms with van der Waals surface area (Å²) in [7, 11) is 0. The molecular weight excluding hydrogens is 343 g/mol. The first-order valence-electron chi connectivity index (χ1n) is 7.43. The van der Waals surface area contributed by atoms with Crippen LogP contribution in [0.1, 0.15) is 15.9 Å². The molecule has 1 heterocycles. The van der Waals surface area contributed by atoms with E-state index in [2.05, 4.69) is 15.3 Å². The monoisotopic (exact) mass is 356 g/mol. The highest BCUT2D eigenvalue weighted by Gasteiger charge is 2.14. The van der Waals surface area contributed by atoms with Crippen LogP contribution in [0.15, 0.2) is 54.9 Å². The van der Waals surface area contributed by atoms with Gasteiger partial charge in [0.1, 0.15) is 17.3 Å². The molecule has 0 saturated heterocycles. The summed E-state index contributed by atoms with van der Waals surface area (Å²) in [6, 6.07) is 11.3. The molecule has 1 amide bonds. The fraction of sp³-hybridized carbons (Fsp3) is 0.0556. The van der Waals surface area contributed by atoms with E-state index >= 15 is 0 Å². The number of amides is 1. The molecule has 3 N–H and O–H groups in total. The number of nitrogens with two attached hydrogens (primary N) is 1. The lowest BCUT2D eigenvalue weighted by atomic mass is 10.1. The van der Waals surface area contributed by atoms with Crippen LogP contribution in [0.25, 0.3) is 11.3 Å². The summed E-state index contributed by atoms with van der Waals surface area (Å²) in [5.41, 5.74) is 7.32. The van der Waals surface area contributed by atoms with E-state index in [-0.39, 0.29) is 17.9 Å². The highest BCUT2D eigenvalue weighted by molar-refractivity contribution is 6.30. The van der Waals surface area contributed by atoms with Crippen LogP contribution in [0, 0.1) is 5.82 Å². The minimum Gasteiger partial charge on any atom is -0.382 e. The Hall–Kier alpha value is -2.99. The Balaban J connectivity index is 1.76. The Kier molecular flexibility index (Phi) is 4.90. The second kappa shape index (κ2) is 7.27. The Bertz CT molecular complexity index is 932. The molecule has 0 atom stereocenters. The van der Waals surface area contributed by atoms with E-state index in [9.17, 15) is 9.18 Å². The molecule has 0 fully saturated rings. The number of hydrogen-bond donors (Lipinski definition) is 2. The van der Waals surface area contributed by atoms with Crippen LogP contribution in [0.5, 0.6) is 0 Å². The standard InChI is InChI=1S/C18H14ClFN4O/c19-13-3-1-2-11(8-13)10-24-18(25)14-5-4-12(9-15(14)20)16-17(21)23-7-6-22-16/h1-9H,10H2,(H2,21,23)(H,24,25). The lowest BCUT2D eigenvalue weighted by Crippen LogP contribution is -2.23. The summed E-state index contributed by atoms with van der Waals surface area (Å²) in [6.07, 6.45) is 2.92. The predicted octanol–water partition coefficient (Wildman–Crippen LogP) is 3.45. The highest BCUT2D eigenvalue weighted by Crippen LogP contribution is 2.23. The molecular formula is C18H14ClFN4O. The fourth-order valence-electron chi connectivity index (χ4n) is 2.34. The molecule has 7 heteroatoms.